The lowest BCUT2D eigenvalue weighted by Gasteiger charge is -2.29. The molecule has 1 aliphatic carbocycles. The van der Waals surface area contributed by atoms with E-state index in [-0.39, 0.29) is 17.2 Å². The van der Waals surface area contributed by atoms with E-state index in [1.165, 1.54) is 12.0 Å². The second-order valence-corrected chi connectivity index (χ2v) is 6.17. The average molecular weight is 266 g/mol. The van der Waals surface area contributed by atoms with Crippen LogP contribution in [0, 0.1) is 5.92 Å². The quantitative estimate of drug-likeness (QED) is 0.887. The zero-order valence-corrected chi connectivity index (χ0v) is 11.8. The fourth-order valence-electron chi connectivity index (χ4n) is 2.13. The van der Waals surface area contributed by atoms with Gasteiger partial charge in [0.05, 0.1) is 0 Å². The molecule has 1 aliphatic rings. The molecule has 0 spiro atoms. The number of carbonyl (C=O) groups is 1. The van der Waals surface area contributed by atoms with E-state index < -0.39 is 0 Å². The van der Waals surface area contributed by atoms with Gasteiger partial charge in [-0.1, -0.05) is 44.0 Å². The van der Waals surface area contributed by atoms with Crippen LogP contribution >= 0.6 is 11.6 Å². The maximum absolute atomic E-state index is 11.8. The van der Waals surface area contributed by atoms with Gasteiger partial charge < -0.3 is 5.32 Å². The first kappa shape index (κ1) is 13.4. The third kappa shape index (κ3) is 3.05. The SMILES string of the molecule is CC(C)(CNC(=O)C1CCC1)c1ccc(Cl)cc1. The van der Waals surface area contributed by atoms with Crippen molar-refractivity contribution in [2.24, 2.45) is 5.92 Å². The lowest BCUT2D eigenvalue weighted by molar-refractivity contribution is -0.127. The van der Waals surface area contributed by atoms with Crippen LogP contribution in [-0.4, -0.2) is 12.5 Å². The molecule has 1 saturated carbocycles. The summed E-state index contributed by atoms with van der Waals surface area (Å²) in [5, 5.41) is 3.81. The highest BCUT2D eigenvalue weighted by Crippen LogP contribution is 2.27. The largest absolute Gasteiger partial charge is 0.355 e. The van der Waals surface area contributed by atoms with E-state index in [0.29, 0.717) is 6.54 Å². The van der Waals surface area contributed by atoms with Gasteiger partial charge in [0.2, 0.25) is 5.91 Å². The van der Waals surface area contributed by atoms with Gasteiger partial charge in [0.15, 0.2) is 0 Å². The summed E-state index contributed by atoms with van der Waals surface area (Å²) in [4.78, 5) is 11.8. The first-order chi connectivity index (χ1) is 8.49. The summed E-state index contributed by atoms with van der Waals surface area (Å²) in [6.45, 7) is 4.94. The normalized spacial score (nSPS) is 16.2. The summed E-state index contributed by atoms with van der Waals surface area (Å²) in [6, 6.07) is 7.84. The summed E-state index contributed by atoms with van der Waals surface area (Å²) in [5.74, 6) is 0.467. The lowest BCUT2D eigenvalue weighted by Crippen LogP contribution is -2.41. The van der Waals surface area contributed by atoms with Gasteiger partial charge in [0, 0.05) is 22.9 Å². The summed E-state index contributed by atoms with van der Waals surface area (Å²) >= 11 is 5.89. The molecule has 18 heavy (non-hydrogen) atoms. The fraction of sp³-hybridized carbons (Fsp3) is 0.533. The van der Waals surface area contributed by atoms with Crippen LogP contribution in [0.15, 0.2) is 24.3 Å². The fourth-order valence-corrected chi connectivity index (χ4v) is 2.25. The van der Waals surface area contributed by atoms with Gasteiger partial charge in [-0.15, -0.1) is 0 Å². The van der Waals surface area contributed by atoms with Crippen molar-refractivity contribution in [3.63, 3.8) is 0 Å². The van der Waals surface area contributed by atoms with Gasteiger partial charge in [-0.25, -0.2) is 0 Å². The van der Waals surface area contributed by atoms with Gasteiger partial charge in [0.1, 0.15) is 0 Å². The molecule has 0 aliphatic heterocycles. The van der Waals surface area contributed by atoms with Crippen LogP contribution in [0.25, 0.3) is 0 Å². The molecule has 3 heteroatoms. The molecule has 0 aromatic heterocycles. The Hall–Kier alpha value is -1.02. The molecular weight excluding hydrogens is 246 g/mol. The second kappa shape index (κ2) is 5.31. The lowest BCUT2D eigenvalue weighted by atomic mass is 9.82. The van der Waals surface area contributed by atoms with Crippen molar-refractivity contribution in [3.05, 3.63) is 34.9 Å². The summed E-state index contributed by atoms with van der Waals surface area (Å²) in [6.07, 6.45) is 3.29. The van der Waals surface area contributed by atoms with Gasteiger partial charge in [-0.05, 0) is 30.5 Å². The topological polar surface area (TPSA) is 29.1 Å². The van der Waals surface area contributed by atoms with Crippen molar-refractivity contribution in [2.45, 2.75) is 38.5 Å². The van der Waals surface area contributed by atoms with Crippen LogP contribution in [0.5, 0.6) is 0 Å². The summed E-state index contributed by atoms with van der Waals surface area (Å²) in [7, 11) is 0. The first-order valence-electron chi connectivity index (χ1n) is 6.53. The third-order valence-corrected chi connectivity index (χ3v) is 4.06. The number of hydrogen-bond acceptors (Lipinski definition) is 1. The van der Waals surface area contributed by atoms with Crippen molar-refractivity contribution in [2.75, 3.05) is 6.54 Å². The maximum Gasteiger partial charge on any atom is 0.223 e. The minimum Gasteiger partial charge on any atom is -0.355 e. The third-order valence-electron chi connectivity index (χ3n) is 3.81. The molecule has 0 bridgehead atoms. The zero-order valence-electron chi connectivity index (χ0n) is 11.0. The van der Waals surface area contributed by atoms with Crippen LogP contribution in [0.1, 0.15) is 38.7 Å². The zero-order chi connectivity index (χ0) is 13.2. The molecule has 1 aromatic rings. The molecular formula is C15H20ClNO. The average Bonchev–Trinajstić information content (AvgIpc) is 2.25. The van der Waals surface area contributed by atoms with Crippen LogP contribution in [0.4, 0.5) is 0 Å². The molecule has 0 atom stereocenters. The van der Waals surface area contributed by atoms with Crippen molar-refractivity contribution in [3.8, 4) is 0 Å². The molecule has 2 nitrogen and oxygen atoms in total. The highest BCUT2D eigenvalue weighted by molar-refractivity contribution is 6.30. The predicted octanol–water partition coefficient (Wildman–Crippen LogP) is 3.53. The van der Waals surface area contributed by atoms with Gasteiger partial charge >= 0.3 is 0 Å². The molecule has 1 fully saturated rings. The molecule has 98 valence electrons. The van der Waals surface area contributed by atoms with E-state index in [0.717, 1.165) is 17.9 Å². The monoisotopic (exact) mass is 265 g/mol. The first-order valence-corrected chi connectivity index (χ1v) is 6.90. The van der Waals surface area contributed by atoms with E-state index in [1.807, 2.05) is 24.3 Å². The van der Waals surface area contributed by atoms with Gasteiger partial charge in [-0.2, -0.15) is 0 Å². The Labute approximate surface area is 114 Å². The standard InChI is InChI=1S/C15H20ClNO/c1-15(2,12-6-8-13(16)9-7-12)10-17-14(18)11-4-3-5-11/h6-9,11H,3-5,10H2,1-2H3,(H,17,18). The van der Waals surface area contributed by atoms with Crippen molar-refractivity contribution < 1.29 is 4.79 Å². The highest BCUT2D eigenvalue weighted by atomic mass is 35.5. The number of rotatable bonds is 4. The van der Waals surface area contributed by atoms with Gasteiger partial charge in [0.25, 0.3) is 0 Å². The van der Waals surface area contributed by atoms with E-state index in [2.05, 4.69) is 19.2 Å². The Morgan fingerprint density at radius 3 is 2.44 bits per heavy atom. The Morgan fingerprint density at radius 2 is 1.94 bits per heavy atom. The number of hydrogen-bond donors (Lipinski definition) is 1. The van der Waals surface area contributed by atoms with Gasteiger partial charge in [-0.3, -0.25) is 4.79 Å². The Kier molecular flexibility index (Phi) is 3.96. The number of halogens is 1. The minimum atomic E-state index is -0.0655. The summed E-state index contributed by atoms with van der Waals surface area (Å²) in [5.41, 5.74) is 1.13. The number of benzene rings is 1. The van der Waals surface area contributed by atoms with Crippen LogP contribution in [-0.2, 0) is 10.2 Å². The maximum atomic E-state index is 11.8. The van der Waals surface area contributed by atoms with Crippen LogP contribution < -0.4 is 5.32 Å². The Morgan fingerprint density at radius 1 is 1.33 bits per heavy atom. The number of amides is 1. The molecule has 1 amide bonds. The van der Waals surface area contributed by atoms with Crippen molar-refractivity contribution in [1.29, 1.82) is 0 Å². The number of nitrogens with one attached hydrogen (secondary N) is 1. The predicted molar refractivity (Wildman–Crippen MR) is 74.8 cm³/mol. The molecule has 0 unspecified atom stereocenters. The Balaban J connectivity index is 1.93. The smallest absolute Gasteiger partial charge is 0.223 e. The second-order valence-electron chi connectivity index (χ2n) is 5.74. The van der Waals surface area contributed by atoms with Crippen molar-refractivity contribution >= 4 is 17.5 Å². The van der Waals surface area contributed by atoms with Crippen molar-refractivity contribution in [1.82, 2.24) is 5.32 Å². The molecule has 2 rings (SSSR count). The van der Waals surface area contributed by atoms with E-state index in [1.54, 1.807) is 0 Å². The van der Waals surface area contributed by atoms with E-state index >= 15 is 0 Å². The summed E-state index contributed by atoms with van der Waals surface area (Å²) < 4.78 is 0. The van der Waals surface area contributed by atoms with E-state index in [9.17, 15) is 4.79 Å². The highest BCUT2D eigenvalue weighted by Gasteiger charge is 2.27. The molecule has 0 heterocycles. The minimum absolute atomic E-state index is 0.0655. The molecule has 1 aromatic carbocycles. The molecule has 0 saturated heterocycles. The van der Waals surface area contributed by atoms with Crippen LogP contribution in [0.3, 0.4) is 0 Å². The Bertz CT molecular complexity index is 421. The van der Waals surface area contributed by atoms with E-state index in [4.69, 9.17) is 11.6 Å². The molecule has 0 radical (unpaired) electrons. The van der Waals surface area contributed by atoms with Crippen LogP contribution in [0.2, 0.25) is 5.02 Å². The molecule has 1 N–H and O–H groups in total. The number of carbonyl (C=O) groups excluding carboxylic acids is 1.